The van der Waals surface area contributed by atoms with Crippen LogP contribution in [0.3, 0.4) is 0 Å². The fraction of sp³-hybridized carbons (Fsp3) is 0.515. The predicted octanol–water partition coefficient (Wildman–Crippen LogP) is 8.77. The molecule has 0 radical (unpaired) electrons. The van der Waals surface area contributed by atoms with Crippen molar-refractivity contribution < 1.29 is 0 Å². The summed E-state index contributed by atoms with van der Waals surface area (Å²) >= 11 is 0. The molecule has 2 aromatic carbocycles. The molecule has 2 aromatic rings. The van der Waals surface area contributed by atoms with Crippen LogP contribution in [0.15, 0.2) is 72.5 Å². The Morgan fingerprint density at radius 1 is 0.743 bits per heavy atom. The second-order valence-corrected chi connectivity index (χ2v) is 11.5. The van der Waals surface area contributed by atoms with Crippen molar-refractivity contribution >= 4 is 11.4 Å². The molecule has 0 fully saturated rings. The predicted molar refractivity (Wildman–Crippen MR) is 154 cm³/mol. The van der Waals surface area contributed by atoms with Gasteiger partial charge in [0.1, 0.15) is 0 Å². The lowest BCUT2D eigenvalue weighted by Gasteiger charge is -2.32. The minimum atomic E-state index is 0.0160. The zero-order valence-corrected chi connectivity index (χ0v) is 23.0. The standard InChI is InChI=1S/C33H46N2/c1-7-9-15-24-34-28-20-13-11-18-26(28)32(3,4)30(34)22-17-23-31-33(5,6)27-19-12-14-21-29(27)35(31)25-16-10-8-2/h11-14,17-23,30H,7-10,15-16,24-25H2,1-6H3. The molecule has 2 aliphatic rings. The topological polar surface area (TPSA) is 6.48 Å². The Hall–Kier alpha value is -2.48. The van der Waals surface area contributed by atoms with E-state index in [1.807, 2.05) is 0 Å². The van der Waals surface area contributed by atoms with Crippen LogP contribution in [0.2, 0.25) is 0 Å². The van der Waals surface area contributed by atoms with E-state index in [1.165, 1.54) is 66.7 Å². The van der Waals surface area contributed by atoms with Crippen LogP contribution in [-0.2, 0) is 10.8 Å². The molecule has 0 aromatic heterocycles. The summed E-state index contributed by atoms with van der Waals surface area (Å²) in [5.41, 5.74) is 7.28. The average Bonchev–Trinajstić information content (AvgIpc) is 3.19. The summed E-state index contributed by atoms with van der Waals surface area (Å²) in [6.45, 7) is 16.4. The molecule has 2 heterocycles. The zero-order valence-electron chi connectivity index (χ0n) is 23.0. The summed E-state index contributed by atoms with van der Waals surface area (Å²) in [5.74, 6) is 0. The second kappa shape index (κ2) is 10.6. The summed E-state index contributed by atoms with van der Waals surface area (Å²) in [7, 11) is 0. The summed E-state index contributed by atoms with van der Waals surface area (Å²) in [6.07, 6.45) is 14.8. The number of fused-ring (bicyclic) bond motifs is 2. The summed E-state index contributed by atoms with van der Waals surface area (Å²) in [5, 5.41) is 0. The van der Waals surface area contributed by atoms with E-state index in [-0.39, 0.29) is 10.8 Å². The smallest absolute Gasteiger partial charge is 0.0568 e. The Morgan fingerprint density at radius 3 is 2.03 bits per heavy atom. The van der Waals surface area contributed by atoms with Gasteiger partial charge in [-0.2, -0.15) is 0 Å². The number of allylic oxidation sites excluding steroid dienone is 3. The first-order chi connectivity index (χ1) is 16.8. The molecule has 1 unspecified atom stereocenters. The van der Waals surface area contributed by atoms with Crippen molar-refractivity contribution in [1.29, 1.82) is 0 Å². The molecule has 2 nitrogen and oxygen atoms in total. The first-order valence-corrected chi connectivity index (χ1v) is 14.0. The summed E-state index contributed by atoms with van der Waals surface area (Å²) < 4.78 is 0. The first-order valence-electron chi connectivity index (χ1n) is 14.0. The number of rotatable bonds is 10. The largest absolute Gasteiger partial charge is 0.364 e. The monoisotopic (exact) mass is 470 g/mol. The van der Waals surface area contributed by atoms with Gasteiger partial charge in [0.15, 0.2) is 0 Å². The highest BCUT2D eigenvalue weighted by Gasteiger charge is 2.43. The normalized spacial score (nSPS) is 21.2. The van der Waals surface area contributed by atoms with Gasteiger partial charge in [-0.1, -0.05) is 116 Å². The van der Waals surface area contributed by atoms with E-state index in [0.717, 1.165) is 13.1 Å². The molecule has 0 N–H and O–H groups in total. The fourth-order valence-electron chi connectivity index (χ4n) is 6.26. The molecule has 1 atom stereocenters. The van der Waals surface area contributed by atoms with Gasteiger partial charge in [0.05, 0.1) is 6.04 Å². The maximum Gasteiger partial charge on any atom is 0.0568 e. The number of hydrogen-bond donors (Lipinski definition) is 0. The van der Waals surface area contributed by atoms with Gasteiger partial charge in [0.25, 0.3) is 0 Å². The molecule has 188 valence electrons. The maximum atomic E-state index is 2.66. The molecule has 0 bridgehead atoms. The van der Waals surface area contributed by atoms with Crippen LogP contribution in [-0.4, -0.2) is 19.1 Å². The van der Waals surface area contributed by atoms with E-state index in [2.05, 4.69) is 118 Å². The van der Waals surface area contributed by atoms with E-state index in [1.54, 1.807) is 0 Å². The van der Waals surface area contributed by atoms with Crippen LogP contribution in [0.5, 0.6) is 0 Å². The summed E-state index contributed by atoms with van der Waals surface area (Å²) in [6, 6.07) is 18.4. The van der Waals surface area contributed by atoms with Crippen LogP contribution in [0.4, 0.5) is 11.4 Å². The van der Waals surface area contributed by atoms with Crippen molar-refractivity contribution in [3.63, 3.8) is 0 Å². The Bertz CT molecular complexity index is 1060. The number of benzene rings is 2. The molecule has 2 heteroatoms. The van der Waals surface area contributed by atoms with Crippen LogP contribution < -0.4 is 9.80 Å². The van der Waals surface area contributed by atoms with Crippen molar-refractivity contribution in [3.05, 3.63) is 83.6 Å². The third kappa shape index (κ3) is 4.82. The number of para-hydroxylation sites is 2. The molecular formula is C33H46N2. The lowest BCUT2D eigenvalue weighted by Crippen LogP contribution is -2.40. The molecule has 0 saturated carbocycles. The van der Waals surface area contributed by atoms with Gasteiger partial charge in [-0.3, -0.25) is 0 Å². The molecule has 0 amide bonds. The van der Waals surface area contributed by atoms with Gasteiger partial charge in [-0.05, 0) is 42.2 Å². The van der Waals surface area contributed by atoms with Crippen molar-refractivity contribution in [1.82, 2.24) is 0 Å². The molecule has 0 spiro atoms. The lowest BCUT2D eigenvalue weighted by molar-refractivity contribution is 0.470. The Labute approximate surface area is 214 Å². The first kappa shape index (κ1) is 25.6. The van der Waals surface area contributed by atoms with E-state index in [0.29, 0.717) is 6.04 Å². The molecule has 2 aliphatic heterocycles. The number of anilines is 2. The number of unbranched alkanes of at least 4 members (excludes halogenated alkanes) is 4. The second-order valence-electron chi connectivity index (χ2n) is 11.5. The molecule has 0 saturated heterocycles. The Kier molecular flexibility index (Phi) is 7.79. The van der Waals surface area contributed by atoms with Gasteiger partial charge in [-0.25, -0.2) is 0 Å². The van der Waals surface area contributed by atoms with Crippen LogP contribution in [0, 0.1) is 0 Å². The zero-order chi connectivity index (χ0) is 25.1. The van der Waals surface area contributed by atoms with Crippen molar-refractivity contribution in [3.8, 4) is 0 Å². The number of hydrogen-bond acceptors (Lipinski definition) is 2. The van der Waals surface area contributed by atoms with E-state index < -0.39 is 0 Å². The van der Waals surface area contributed by atoms with Crippen molar-refractivity contribution in [2.75, 3.05) is 22.9 Å². The minimum absolute atomic E-state index is 0.0160. The average molecular weight is 471 g/mol. The SMILES string of the molecule is CCCCCN1C(=CC=CC2N(CCCCC)c3ccccc3C2(C)C)C(C)(C)c2ccccc21. The molecular weight excluding hydrogens is 424 g/mol. The van der Waals surface area contributed by atoms with E-state index >= 15 is 0 Å². The molecule has 0 aliphatic carbocycles. The third-order valence-electron chi connectivity index (χ3n) is 8.32. The van der Waals surface area contributed by atoms with Crippen LogP contribution in [0.25, 0.3) is 0 Å². The van der Waals surface area contributed by atoms with E-state index in [4.69, 9.17) is 0 Å². The summed E-state index contributed by atoms with van der Waals surface area (Å²) in [4.78, 5) is 5.25. The Morgan fingerprint density at radius 2 is 1.34 bits per heavy atom. The van der Waals surface area contributed by atoms with Crippen LogP contribution >= 0.6 is 0 Å². The van der Waals surface area contributed by atoms with Gasteiger partial charge < -0.3 is 9.80 Å². The van der Waals surface area contributed by atoms with Crippen molar-refractivity contribution in [2.45, 2.75) is 96.9 Å². The highest BCUT2D eigenvalue weighted by Crippen LogP contribution is 2.48. The van der Waals surface area contributed by atoms with Gasteiger partial charge >= 0.3 is 0 Å². The molecule has 35 heavy (non-hydrogen) atoms. The van der Waals surface area contributed by atoms with Gasteiger partial charge in [-0.15, -0.1) is 0 Å². The maximum absolute atomic E-state index is 2.66. The third-order valence-corrected chi connectivity index (χ3v) is 8.32. The molecule has 4 rings (SSSR count). The fourth-order valence-corrected chi connectivity index (χ4v) is 6.26. The minimum Gasteiger partial charge on any atom is -0.364 e. The highest BCUT2D eigenvalue weighted by molar-refractivity contribution is 5.71. The van der Waals surface area contributed by atoms with Crippen molar-refractivity contribution in [2.24, 2.45) is 0 Å². The van der Waals surface area contributed by atoms with Gasteiger partial charge in [0.2, 0.25) is 0 Å². The van der Waals surface area contributed by atoms with Gasteiger partial charge in [0, 0.05) is 41.0 Å². The highest BCUT2D eigenvalue weighted by atomic mass is 15.2. The quantitative estimate of drug-likeness (QED) is 0.320. The van der Waals surface area contributed by atoms with Crippen LogP contribution in [0.1, 0.15) is 91.2 Å². The number of nitrogens with zero attached hydrogens (tertiary/aromatic N) is 2. The van der Waals surface area contributed by atoms with E-state index in [9.17, 15) is 0 Å². The Balaban J connectivity index is 1.65. The lowest BCUT2D eigenvalue weighted by atomic mass is 9.80.